The van der Waals surface area contributed by atoms with Crippen molar-refractivity contribution in [2.24, 2.45) is 0 Å². The fraction of sp³-hybridized carbons (Fsp3) is 0.312. The molecule has 1 amide bonds. The summed E-state index contributed by atoms with van der Waals surface area (Å²) in [7, 11) is 0. The van der Waals surface area contributed by atoms with E-state index in [0.717, 1.165) is 17.7 Å². The number of hydrogen-bond acceptors (Lipinski definition) is 3. The van der Waals surface area contributed by atoms with Gasteiger partial charge in [-0.25, -0.2) is 0 Å². The van der Waals surface area contributed by atoms with E-state index in [4.69, 9.17) is 9.84 Å². The van der Waals surface area contributed by atoms with Gasteiger partial charge in [0, 0.05) is 24.9 Å². The Balaban J connectivity index is 1.78. The van der Waals surface area contributed by atoms with Crippen LogP contribution >= 0.6 is 0 Å². The number of H-pyrrole nitrogens is 1. The average Bonchev–Trinajstić information content (AvgIpc) is 3.00. The van der Waals surface area contributed by atoms with E-state index in [-0.39, 0.29) is 12.5 Å². The predicted molar refractivity (Wildman–Crippen MR) is 80.0 cm³/mol. The molecule has 1 atom stereocenters. The number of amides is 1. The summed E-state index contributed by atoms with van der Waals surface area (Å²) in [4.78, 5) is 15.0. The smallest absolute Gasteiger partial charge is 0.260 e. The van der Waals surface area contributed by atoms with Gasteiger partial charge in [-0.3, -0.25) is 4.79 Å². The Morgan fingerprint density at radius 2 is 2.24 bits per heavy atom. The number of ether oxygens (including phenoxy) is 1. The summed E-state index contributed by atoms with van der Waals surface area (Å²) >= 11 is 0. The summed E-state index contributed by atoms with van der Waals surface area (Å²) in [5.74, 6) is 0.421. The highest BCUT2D eigenvalue weighted by atomic mass is 16.5. The van der Waals surface area contributed by atoms with Crippen LogP contribution in [0.1, 0.15) is 18.2 Å². The Labute approximate surface area is 124 Å². The van der Waals surface area contributed by atoms with Gasteiger partial charge in [0.25, 0.3) is 5.91 Å². The van der Waals surface area contributed by atoms with Crippen LogP contribution in [0.15, 0.2) is 42.6 Å². The number of aromatic amines is 1. The van der Waals surface area contributed by atoms with Gasteiger partial charge in [-0.1, -0.05) is 12.1 Å². The zero-order valence-corrected chi connectivity index (χ0v) is 12.0. The van der Waals surface area contributed by atoms with Crippen molar-refractivity contribution in [3.05, 3.63) is 53.9 Å². The fourth-order valence-corrected chi connectivity index (χ4v) is 1.96. The average molecular weight is 288 g/mol. The second-order valence-electron chi connectivity index (χ2n) is 4.80. The van der Waals surface area contributed by atoms with Gasteiger partial charge in [-0.15, -0.1) is 0 Å². The van der Waals surface area contributed by atoms with Crippen LogP contribution in [0, 0.1) is 0 Å². The van der Waals surface area contributed by atoms with E-state index in [1.807, 2.05) is 18.3 Å². The molecular weight excluding hydrogens is 268 g/mol. The number of aliphatic hydroxyl groups is 1. The summed E-state index contributed by atoms with van der Waals surface area (Å²) in [6, 6.07) is 11.0. The summed E-state index contributed by atoms with van der Waals surface area (Å²) in [6.45, 7) is 2.22. The standard InChI is InChI=1S/C16H20N2O3/c1-12(21-15-6-2-4-13(10-15)11-19)16(20)18-9-7-14-5-3-8-17-14/h2-6,8,10,12,17,19H,7,9,11H2,1H3,(H,18,20). The van der Waals surface area contributed by atoms with Crippen molar-refractivity contribution in [2.45, 2.75) is 26.1 Å². The molecule has 0 bridgehead atoms. The molecule has 0 aliphatic rings. The molecule has 0 spiro atoms. The van der Waals surface area contributed by atoms with Gasteiger partial charge < -0.3 is 20.1 Å². The first kappa shape index (κ1) is 15.1. The van der Waals surface area contributed by atoms with Gasteiger partial charge in [-0.2, -0.15) is 0 Å². The zero-order chi connectivity index (χ0) is 15.1. The topological polar surface area (TPSA) is 74.3 Å². The number of aliphatic hydroxyl groups excluding tert-OH is 1. The Bertz CT molecular complexity index is 567. The molecule has 2 rings (SSSR count). The van der Waals surface area contributed by atoms with Crippen LogP contribution in [0.4, 0.5) is 0 Å². The molecule has 2 aromatic rings. The first-order valence-electron chi connectivity index (χ1n) is 6.95. The minimum absolute atomic E-state index is 0.0477. The normalized spacial score (nSPS) is 11.9. The lowest BCUT2D eigenvalue weighted by atomic mass is 10.2. The lowest BCUT2D eigenvalue weighted by molar-refractivity contribution is -0.127. The molecule has 5 nitrogen and oxygen atoms in total. The second kappa shape index (κ2) is 7.50. The van der Waals surface area contributed by atoms with Crippen molar-refractivity contribution >= 4 is 5.91 Å². The van der Waals surface area contributed by atoms with Crippen LogP contribution in [-0.4, -0.2) is 28.6 Å². The van der Waals surface area contributed by atoms with Gasteiger partial charge >= 0.3 is 0 Å². The molecule has 1 heterocycles. The minimum atomic E-state index is -0.581. The van der Waals surface area contributed by atoms with E-state index < -0.39 is 6.10 Å². The van der Waals surface area contributed by atoms with E-state index in [0.29, 0.717) is 12.3 Å². The van der Waals surface area contributed by atoms with E-state index in [1.54, 1.807) is 31.2 Å². The first-order chi connectivity index (χ1) is 10.2. The number of benzene rings is 1. The SMILES string of the molecule is CC(Oc1cccc(CO)c1)C(=O)NCCc1ccc[nH]1. The predicted octanol–water partition coefficient (Wildman–Crippen LogP) is 1.63. The van der Waals surface area contributed by atoms with Gasteiger partial charge in [-0.05, 0) is 36.8 Å². The molecular formula is C16H20N2O3. The third-order valence-electron chi connectivity index (χ3n) is 3.12. The number of carbonyl (C=O) groups excluding carboxylic acids is 1. The molecule has 0 radical (unpaired) electrons. The van der Waals surface area contributed by atoms with Crippen LogP contribution in [0.25, 0.3) is 0 Å². The number of aromatic nitrogens is 1. The van der Waals surface area contributed by atoms with Crippen molar-refractivity contribution in [2.75, 3.05) is 6.54 Å². The third-order valence-corrected chi connectivity index (χ3v) is 3.12. The molecule has 5 heteroatoms. The monoisotopic (exact) mass is 288 g/mol. The Hall–Kier alpha value is -2.27. The number of carbonyl (C=O) groups is 1. The molecule has 1 unspecified atom stereocenters. The van der Waals surface area contributed by atoms with E-state index in [2.05, 4.69) is 10.3 Å². The van der Waals surface area contributed by atoms with Crippen LogP contribution in [0.3, 0.4) is 0 Å². The quantitative estimate of drug-likeness (QED) is 0.725. The van der Waals surface area contributed by atoms with Crippen molar-refractivity contribution in [3.63, 3.8) is 0 Å². The molecule has 0 aliphatic carbocycles. The summed E-state index contributed by atoms with van der Waals surface area (Å²) in [5.41, 5.74) is 1.84. The van der Waals surface area contributed by atoms with E-state index in [1.165, 1.54) is 0 Å². The van der Waals surface area contributed by atoms with Crippen molar-refractivity contribution < 1.29 is 14.6 Å². The molecule has 3 N–H and O–H groups in total. The first-order valence-corrected chi connectivity index (χ1v) is 6.95. The zero-order valence-electron chi connectivity index (χ0n) is 12.0. The molecule has 0 saturated carbocycles. The van der Waals surface area contributed by atoms with Crippen molar-refractivity contribution in [3.8, 4) is 5.75 Å². The highest BCUT2D eigenvalue weighted by Gasteiger charge is 2.14. The molecule has 21 heavy (non-hydrogen) atoms. The second-order valence-corrected chi connectivity index (χ2v) is 4.80. The Morgan fingerprint density at radius 1 is 1.38 bits per heavy atom. The molecule has 1 aromatic heterocycles. The van der Waals surface area contributed by atoms with E-state index in [9.17, 15) is 4.79 Å². The lowest BCUT2D eigenvalue weighted by Crippen LogP contribution is -2.37. The summed E-state index contributed by atoms with van der Waals surface area (Å²) < 4.78 is 5.58. The number of hydrogen-bond donors (Lipinski definition) is 3. The van der Waals surface area contributed by atoms with Crippen molar-refractivity contribution in [1.82, 2.24) is 10.3 Å². The fourth-order valence-electron chi connectivity index (χ4n) is 1.96. The highest BCUT2D eigenvalue weighted by molar-refractivity contribution is 5.80. The largest absolute Gasteiger partial charge is 0.481 e. The van der Waals surface area contributed by atoms with Crippen LogP contribution in [0.5, 0.6) is 5.75 Å². The summed E-state index contributed by atoms with van der Waals surface area (Å²) in [6.07, 6.45) is 2.03. The highest BCUT2D eigenvalue weighted by Crippen LogP contribution is 2.14. The molecule has 0 fully saturated rings. The Morgan fingerprint density at radius 3 is 2.95 bits per heavy atom. The lowest BCUT2D eigenvalue weighted by Gasteiger charge is -2.15. The number of rotatable bonds is 7. The minimum Gasteiger partial charge on any atom is -0.481 e. The molecule has 112 valence electrons. The Kier molecular flexibility index (Phi) is 5.40. The van der Waals surface area contributed by atoms with Crippen LogP contribution in [0.2, 0.25) is 0 Å². The maximum Gasteiger partial charge on any atom is 0.260 e. The van der Waals surface area contributed by atoms with Crippen LogP contribution in [-0.2, 0) is 17.8 Å². The van der Waals surface area contributed by atoms with Gasteiger partial charge in [0.15, 0.2) is 6.10 Å². The van der Waals surface area contributed by atoms with Gasteiger partial charge in [0.2, 0.25) is 0 Å². The summed E-state index contributed by atoms with van der Waals surface area (Å²) in [5, 5.41) is 11.9. The molecule has 1 aromatic carbocycles. The van der Waals surface area contributed by atoms with Gasteiger partial charge in [0.05, 0.1) is 6.61 Å². The van der Waals surface area contributed by atoms with Crippen LogP contribution < -0.4 is 10.1 Å². The van der Waals surface area contributed by atoms with Crippen molar-refractivity contribution in [1.29, 1.82) is 0 Å². The van der Waals surface area contributed by atoms with E-state index >= 15 is 0 Å². The number of nitrogens with one attached hydrogen (secondary N) is 2. The third kappa shape index (κ3) is 4.65. The maximum absolute atomic E-state index is 11.9. The maximum atomic E-state index is 11.9. The molecule has 0 saturated heterocycles. The molecule has 0 aliphatic heterocycles. The van der Waals surface area contributed by atoms with Gasteiger partial charge in [0.1, 0.15) is 5.75 Å².